The Morgan fingerprint density at radius 2 is 2.10 bits per heavy atom. The summed E-state index contributed by atoms with van der Waals surface area (Å²) in [6.45, 7) is 2.59. The average molecular weight is 275 g/mol. The minimum Gasteiger partial charge on any atom is -0.352 e. The fraction of sp³-hybridized carbons (Fsp3) is 0.750. The molecule has 20 heavy (non-hydrogen) atoms. The highest BCUT2D eigenvalue weighted by atomic mass is 16.1. The monoisotopic (exact) mass is 275 g/mol. The van der Waals surface area contributed by atoms with E-state index in [0.29, 0.717) is 6.54 Å². The van der Waals surface area contributed by atoms with Gasteiger partial charge in [-0.15, -0.1) is 0 Å². The lowest BCUT2D eigenvalue weighted by atomic mass is 9.67. The van der Waals surface area contributed by atoms with Gasteiger partial charge in [0.2, 0.25) is 5.91 Å². The van der Waals surface area contributed by atoms with E-state index in [1.807, 2.05) is 6.92 Å². The van der Waals surface area contributed by atoms with Crippen molar-refractivity contribution in [2.45, 2.75) is 58.4 Å². The number of hydrogen-bond acceptors (Lipinski definition) is 2. The molecule has 1 aromatic heterocycles. The highest BCUT2D eigenvalue weighted by Gasteiger charge is 2.34. The number of nitrogens with zero attached hydrogens (tertiary/aromatic N) is 1. The van der Waals surface area contributed by atoms with Crippen LogP contribution in [0.4, 0.5) is 0 Å². The maximum absolute atomic E-state index is 12.3. The summed E-state index contributed by atoms with van der Waals surface area (Å²) in [7, 11) is 0. The van der Waals surface area contributed by atoms with Gasteiger partial charge in [-0.05, 0) is 38.0 Å². The normalized spacial score (nSPS) is 29.8. The molecule has 2 N–H and O–H groups in total. The van der Waals surface area contributed by atoms with E-state index in [1.54, 1.807) is 6.20 Å². The molecule has 1 amide bonds. The van der Waals surface area contributed by atoms with Crippen LogP contribution in [0.15, 0.2) is 6.20 Å². The minimum absolute atomic E-state index is 0.238. The van der Waals surface area contributed by atoms with Crippen molar-refractivity contribution in [2.75, 3.05) is 0 Å². The van der Waals surface area contributed by atoms with Crippen molar-refractivity contribution < 1.29 is 4.79 Å². The molecule has 3 rings (SSSR count). The van der Waals surface area contributed by atoms with Crippen molar-refractivity contribution in [2.24, 2.45) is 17.8 Å². The number of rotatable bonds is 3. The Bertz CT molecular complexity index is 468. The smallest absolute Gasteiger partial charge is 0.223 e. The molecule has 0 aromatic carbocycles. The molecule has 0 saturated heterocycles. The van der Waals surface area contributed by atoms with E-state index in [0.717, 1.165) is 35.9 Å². The van der Waals surface area contributed by atoms with Crippen LogP contribution in [0.25, 0.3) is 0 Å². The average Bonchev–Trinajstić information content (AvgIpc) is 2.89. The van der Waals surface area contributed by atoms with E-state index in [-0.39, 0.29) is 11.8 Å². The number of aryl methyl sites for hydroxylation is 1. The largest absolute Gasteiger partial charge is 0.352 e. The Kier molecular flexibility index (Phi) is 4.08. The molecule has 2 aliphatic carbocycles. The van der Waals surface area contributed by atoms with E-state index in [1.165, 1.54) is 32.1 Å². The second kappa shape index (κ2) is 5.98. The number of aromatic amines is 1. The van der Waals surface area contributed by atoms with Gasteiger partial charge in [-0.25, -0.2) is 0 Å². The summed E-state index contributed by atoms with van der Waals surface area (Å²) in [4.78, 5) is 12.3. The van der Waals surface area contributed by atoms with Crippen molar-refractivity contribution in [3.05, 3.63) is 17.5 Å². The van der Waals surface area contributed by atoms with Crippen LogP contribution in [0.1, 0.15) is 56.2 Å². The lowest BCUT2D eigenvalue weighted by Crippen LogP contribution is -2.37. The van der Waals surface area contributed by atoms with Gasteiger partial charge in [0.05, 0.1) is 6.20 Å². The van der Waals surface area contributed by atoms with Gasteiger partial charge in [0.25, 0.3) is 0 Å². The Labute approximate surface area is 120 Å². The number of H-pyrrole nitrogens is 1. The third-order valence-corrected chi connectivity index (χ3v) is 5.30. The molecule has 0 bridgehead atoms. The number of carbonyl (C=O) groups excluding carboxylic acids is 1. The Morgan fingerprint density at radius 1 is 1.30 bits per heavy atom. The van der Waals surface area contributed by atoms with Crippen LogP contribution >= 0.6 is 0 Å². The molecule has 0 aliphatic heterocycles. The molecular formula is C16H25N3O. The Hall–Kier alpha value is -1.32. The van der Waals surface area contributed by atoms with Crippen molar-refractivity contribution in [3.8, 4) is 0 Å². The first-order valence-corrected chi connectivity index (χ1v) is 8.00. The predicted molar refractivity (Wildman–Crippen MR) is 78.0 cm³/mol. The number of hydrogen-bond donors (Lipinski definition) is 2. The quantitative estimate of drug-likeness (QED) is 0.891. The second-order valence-corrected chi connectivity index (χ2v) is 6.55. The van der Waals surface area contributed by atoms with Crippen molar-refractivity contribution in [3.63, 3.8) is 0 Å². The zero-order chi connectivity index (χ0) is 13.9. The first kappa shape index (κ1) is 13.7. The number of carbonyl (C=O) groups is 1. The summed E-state index contributed by atoms with van der Waals surface area (Å²) in [5.41, 5.74) is 2.13. The molecule has 2 saturated carbocycles. The fourth-order valence-electron chi connectivity index (χ4n) is 3.99. The molecule has 2 fully saturated rings. The Morgan fingerprint density at radius 3 is 2.85 bits per heavy atom. The van der Waals surface area contributed by atoms with Gasteiger partial charge in [-0.3, -0.25) is 9.89 Å². The van der Waals surface area contributed by atoms with Crippen molar-refractivity contribution in [1.29, 1.82) is 0 Å². The van der Waals surface area contributed by atoms with Crippen molar-refractivity contribution >= 4 is 5.91 Å². The zero-order valence-electron chi connectivity index (χ0n) is 12.3. The second-order valence-electron chi connectivity index (χ2n) is 6.55. The Balaban J connectivity index is 1.51. The van der Waals surface area contributed by atoms with Crippen LogP contribution in [0.3, 0.4) is 0 Å². The van der Waals surface area contributed by atoms with Crippen LogP contribution in [0.2, 0.25) is 0 Å². The molecule has 0 spiro atoms. The molecule has 4 heteroatoms. The van der Waals surface area contributed by atoms with Gasteiger partial charge < -0.3 is 5.32 Å². The maximum atomic E-state index is 12.3. The molecule has 1 aromatic rings. The third-order valence-electron chi connectivity index (χ3n) is 5.30. The third kappa shape index (κ3) is 2.89. The van der Waals surface area contributed by atoms with Crippen molar-refractivity contribution in [1.82, 2.24) is 15.5 Å². The number of aromatic nitrogens is 2. The zero-order valence-corrected chi connectivity index (χ0v) is 12.3. The lowest BCUT2D eigenvalue weighted by Gasteiger charge is -2.38. The van der Waals surface area contributed by atoms with E-state index in [2.05, 4.69) is 15.5 Å². The van der Waals surface area contributed by atoms with E-state index < -0.39 is 0 Å². The van der Waals surface area contributed by atoms with Crippen LogP contribution in [-0.4, -0.2) is 16.1 Å². The lowest BCUT2D eigenvalue weighted by molar-refractivity contribution is -0.127. The summed E-state index contributed by atoms with van der Waals surface area (Å²) < 4.78 is 0. The van der Waals surface area contributed by atoms with Gasteiger partial charge >= 0.3 is 0 Å². The van der Waals surface area contributed by atoms with Gasteiger partial charge in [0, 0.05) is 23.7 Å². The molecule has 1 heterocycles. The standard InChI is InChI=1S/C16H25N3O/c1-11-15(10-18-19-11)9-17-16(20)14-7-6-12-4-2-3-5-13(12)8-14/h10,12-14H,2-9H2,1H3,(H,17,20)(H,18,19). The fourth-order valence-corrected chi connectivity index (χ4v) is 3.99. The van der Waals surface area contributed by atoms with Gasteiger partial charge in [-0.2, -0.15) is 5.10 Å². The summed E-state index contributed by atoms with van der Waals surface area (Å²) >= 11 is 0. The van der Waals surface area contributed by atoms with Crippen LogP contribution in [0.5, 0.6) is 0 Å². The van der Waals surface area contributed by atoms with Gasteiger partial charge in [-0.1, -0.05) is 25.7 Å². The highest BCUT2D eigenvalue weighted by molar-refractivity contribution is 5.78. The number of amides is 1. The first-order valence-electron chi connectivity index (χ1n) is 8.00. The van der Waals surface area contributed by atoms with Crippen LogP contribution < -0.4 is 5.32 Å². The first-order chi connectivity index (χ1) is 9.74. The van der Waals surface area contributed by atoms with Crippen LogP contribution in [-0.2, 0) is 11.3 Å². The molecular weight excluding hydrogens is 250 g/mol. The van der Waals surface area contributed by atoms with E-state index in [4.69, 9.17) is 0 Å². The molecule has 2 aliphatic rings. The molecule has 3 unspecified atom stereocenters. The predicted octanol–water partition coefficient (Wildman–Crippen LogP) is 2.94. The topological polar surface area (TPSA) is 57.8 Å². The highest BCUT2D eigenvalue weighted by Crippen LogP contribution is 2.42. The number of nitrogens with one attached hydrogen (secondary N) is 2. The number of fused-ring (bicyclic) bond motifs is 1. The maximum Gasteiger partial charge on any atom is 0.223 e. The van der Waals surface area contributed by atoms with Gasteiger partial charge in [0.15, 0.2) is 0 Å². The van der Waals surface area contributed by atoms with Gasteiger partial charge in [0.1, 0.15) is 0 Å². The summed E-state index contributed by atoms with van der Waals surface area (Å²) in [6.07, 6.45) is 10.8. The molecule has 4 nitrogen and oxygen atoms in total. The van der Waals surface area contributed by atoms with Crippen LogP contribution in [0, 0.1) is 24.7 Å². The minimum atomic E-state index is 0.238. The van der Waals surface area contributed by atoms with E-state index in [9.17, 15) is 4.79 Å². The molecule has 3 atom stereocenters. The summed E-state index contributed by atoms with van der Waals surface area (Å²) in [5.74, 6) is 2.20. The molecule has 110 valence electrons. The molecule has 0 radical (unpaired) electrons. The summed E-state index contributed by atoms with van der Waals surface area (Å²) in [6, 6.07) is 0. The van der Waals surface area contributed by atoms with E-state index >= 15 is 0 Å². The summed E-state index contributed by atoms with van der Waals surface area (Å²) in [5, 5.41) is 9.99. The SMILES string of the molecule is Cc1[nH]ncc1CNC(=O)C1CCC2CCCCC2C1.